The summed E-state index contributed by atoms with van der Waals surface area (Å²) < 4.78 is 19.3. The third-order valence-corrected chi connectivity index (χ3v) is 6.42. The number of anilines is 1. The van der Waals surface area contributed by atoms with E-state index in [2.05, 4.69) is 10.1 Å². The number of fused-ring (bicyclic) bond motifs is 1. The highest BCUT2D eigenvalue weighted by Crippen LogP contribution is 2.40. The maximum absolute atomic E-state index is 12.1. The van der Waals surface area contributed by atoms with E-state index in [9.17, 15) is 9.59 Å². The van der Waals surface area contributed by atoms with Crippen LogP contribution in [-0.4, -0.2) is 35.1 Å². The summed E-state index contributed by atoms with van der Waals surface area (Å²) >= 11 is 5.99. The number of ether oxygens (including phenoxy) is 1. The van der Waals surface area contributed by atoms with Gasteiger partial charge in [-0.3, -0.25) is 4.57 Å². The van der Waals surface area contributed by atoms with E-state index in [0.717, 1.165) is 17.1 Å². The van der Waals surface area contributed by atoms with Crippen LogP contribution in [0.15, 0.2) is 53.5 Å². The van der Waals surface area contributed by atoms with Gasteiger partial charge < -0.3 is 24.3 Å². The standard InChI is InChI=1S/C21H22ClN4O5P/c22-17-12-26(21(28)25-20(17)23)19-9-8-15(30-19)13-29-32(24-10-11-27)31-18-7-3-5-14-4-1-2-6-16(14)18/h1-7,11-12,15,19,24H,8-10,13H2,(H2,23,25,28). The van der Waals surface area contributed by atoms with E-state index < -0.39 is 20.4 Å². The summed E-state index contributed by atoms with van der Waals surface area (Å²) in [4.78, 5) is 26.7. The van der Waals surface area contributed by atoms with Crippen LogP contribution >= 0.6 is 20.1 Å². The lowest BCUT2D eigenvalue weighted by molar-refractivity contribution is -0.106. The van der Waals surface area contributed by atoms with Crippen molar-refractivity contribution in [2.24, 2.45) is 0 Å². The van der Waals surface area contributed by atoms with Gasteiger partial charge in [0.25, 0.3) is 0 Å². The molecule has 3 aromatic rings. The zero-order valence-electron chi connectivity index (χ0n) is 17.0. The first-order chi connectivity index (χ1) is 15.5. The van der Waals surface area contributed by atoms with E-state index in [1.807, 2.05) is 42.5 Å². The van der Waals surface area contributed by atoms with Crippen LogP contribution in [0.4, 0.5) is 5.82 Å². The van der Waals surface area contributed by atoms with Crippen molar-refractivity contribution in [1.82, 2.24) is 14.6 Å². The van der Waals surface area contributed by atoms with E-state index in [-0.39, 0.29) is 30.1 Å². The Morgan fingerprint density at radius 3 is 2.94 bits per heavy atom. The third-order valence-electron chi connectivity index (χ3n) is 4.94. The second-order valence-corrected chi connectivity index (χ2v) is 8.78. The highest BCUT2D eigenvalue weighted by molar-refractivity contribution is 7.45. The lowest BCUT2D eigenvalue weighted by Crippen LogP contribution is -2.28. The smallest absolute Gasteiger partial charge is 0.351 e. The molecule has 4 rings (SSSR count). The molecule has 0 spiro atoms. The molecule has 0 amide bonds. The van der Waals surface area contributed by atoms with Crippen molar-refractivity contribution in [3.05, 3.63) is 64.2 Å². The first-order valence-corrected chi connectivity index (χ1v) is 11.6. The highest BCUT2D eigenvalue weighted by atomic mass is 35.5. The Kier molecular flexibility index (Phi) is 7.34. The number of hydrogen-bond acceptors (Lipinski definition) is 8. The normalized spacial score (nSPS) is 19.2. The number of halogens is 1. The minimum absolute atomic E-state index is 0.0109. The van der Waals surface area contributed by atoms with Crippen molar-refractivity contribution < 1.29 is 18.6 Å². The zero-order chi connectivity index (χ0) is 22.5. The fourth-order valence-corrected chi connectivity index (χ4v) is 4.63. The largest absolute Gasteiger partial charge is 0.435 e. The maximum atomic E-state index is 12.1. The van der Waals surface area contributed by atoms with Gasteiger partial charge in [0.15, 0.2) is 0 Å². The fourth-order valence-electron chi connectivity index (χ4n) is 3.41. The van der Waals surface area contributed by atoms with Crippen molar-refractivity contribution in [2.45, 2.75) is 25.2 Å². The summed E-state index contributed by atoms with van der Waals surface area (Å²) in [5.74, 6) is 0.648. The average Bonchev–Trinajstić information content (AvgIpc) is 3.27. The second-order valence-electron chi connectivity index (χ2n) is 7.10. The van der Waals surface area contributed by atoms with E-state index >= 15 is 0 Å². The monoisotopic (exact) mass is 476 g/mol. The highest BCUT2D eigenvalue weighted by Gasteiger charge is 2.29. The molecule has 0 aliphatic carbocycles. The van der Waals surface area contributed by atoms with Crippen LogP contribution in [0.2, 0.25) is 5.02 Å². The molecule has 9 nitrogen and oxygen atoms in total. The molecule has 3 unspecified atom stereocenters. The number of carbonyl (C=O) groups is 1. The van der Waals surface area contributed by atoms with E-state index in [1.54, 1.807) is 0 Å². The molecule has 2 aromatic carbocycles. The zero-order valence-corrected chi connectivity index (χ0v) is 18.7. The van der Waals surface area contributed by atoms with Crippen LogP contribution in [0.3, 0.4) is 0 Å². The third kappa shape index (κ3) is 5.26. The fraction of sp³-hybridized carbons (Fsp3) is 0.286. The van der Waals surface area contributed by atoms with Gasteiger partial charge in [-0.2, -0.15) is 4.98 Å². The number of nitrogens with two attached hydrogens (primary N) is 1. The van der Waals surface area contributed by atoms with Crippen LogP contribution in [0, 0.1) is 0 Å². The molecule has 3 atom stereocenters. The number of nitrogen functional groups attached to an aromatic ring is 1. The minimum atomic E-state index is -1.60. The van der Waals surface area contributed by atoms with Gasteiger partial charge in [-0.05, 0) is 24.3 Å². The predicted molar refractivity (Wildman–Crippen MR) is 123 cm³/mol. The summed E-state index contributed by atoms with van der Waals surface area (Å²) in [6.07, 6.45) is 2.68. The summed E-state index contributed by atoms with van der Waals surface area (Å²) in [6, 6.07) is 13.6. The summed E-state index contributed by atoms with van der Waals surface area (Å²) in [5, 5.41) is 5.15. The molecule has 0 radical (unpaired) electrons. The predicted octanol–water partition coefficient (Wildman–Crippen LogP) is 3.42. The molecule has 0 bridgehead atoms. The molecule has 168 valence electrons. The SMILES string of the molecule is Nc1nc(=O)n(C2CCC(COP(NCC=O)Oc3cccc4ccccc34)O2)cc1Cl. The van der Waals surface area contributed by atoms with Gasteiger partial charge in [-0.25, -0.2) is 9.88 Å². The Bertz CT molecular complexity index is 1160. The quantitative estimate of drug-likeness (QED) is 0.356. The molecule has 32 heavy (non-hydrogen) atoms. The van der Waals surface area contributed by atoms with Gasteiger partial charge in [0.2, 0.25) is 0 Å². The van der Waals surface area contributed by atoms with Gasteiger partial charge in [0, 0.05) is 11.6 Å². The van der Waals surface area contributed by atoms with Crippen LogP contribution < -0.4 is 21.0 Å². The molecule has 3 N–H and O–H groups in total. The van der Waals surface area contributed by atoms with Crippen LogP contribution in [0.25, 0.3) is 10.8 Å². The molecule has 1 aromatic heterocycles. The Morgan fingerprint density at radius 2 is 2.09 bits per heavy atom. The van der Waals surface area contributed by atoms with E-state index in [1.165, 1.54) is 10.8 Å². The van der Waals surface area contributed by atoms with Gasteiger partial charge in [0.05, 0.1) is 24.3 Å². The number of carbonyl (C=O) groups excluding carboxylic acids is 1. The summed E-state index contributed by atoms with van der Waals surface area (Å²) in [5.41, 5.74) is 5.05. The number of aldehydes is 1. The topological polar surface area (TPSA) is 118 Å². The number of hydrogen-bond donors (Lipinski definition) is 2. The molecule has 1 fully saturated rings. The lowest BCUT2D eigenvalue weighted by atomic mass is 10.1. The van der Waals surface area contributed by atoms with Gasteiger partial charge in [-0.1, -0.05) is 48.0 Å². The van der Waals surface area contributed by atoms with Crippen molar-refractivity contribution in [2.75, 3.05) is 18.9 Å². The van der Waals surface area contributed by atoms with E-state index in [0.29, 0.717) is 18.6 Å². The average molecular weight is 477 g/mol. The lowest BCUT2D eigenvalue weighted by Gasteiger charge is -2.21. The van der Waals surface area contributed by atoms with Crippen molar-refractivity contribution in [3.63, 3.8) is 0 Å². The van der Waals surface area contributed by atoms with Crippen molar-refractivity contribution in [3.8, 4) is 5.75 Å². The molecular weight excluding hydrogens is 455 g/mol. The second kappa shape index (κ2) is 10.4. The first kappa shape index (κ1) is 22.6. The Hall–Kier alpha value is -2.55. The summed E-state index contributed by atoms with van der Waals surface area (Å²) in [6.45, 7) is 0.319. The molecule has 0 saturated carbocycles. The van der Waals surface area contributed by atoms with E-state index in [4.69, 9.17) is 31.1 Å². The first-order valence-electron chi connectivity index (χ1n) is 10.0. The number of aromatic nitrogens is 2. The van der Waals surface area contributed by atoms with Crippen LogP contribution in [-0.2, 0) is 14.1 Å². The molecular formula is C21H22ClN4O5P. The molecule has 11 heteroatoms. The van der Waals surface area contributed by atoms with Crippen molar-refractivity contribution >= 4 is 43.0 Å². The molecule has 1 saturated heterocycles. The Labute approximate surface area is 190 Å². The molecule has 1 aliphatic rings. The Morgan fingerprint density at radius 1 is 1.28 bits per heavy atom. The van der Waals surface area contributed by atoms with Gasteiger partial charge in [0.1, 0.15) is 24.1 Å². The molecule has 2 heterocycles. The molecule has 1 aliphatic heterocycles. The van der Waals surface area contributed by atoms with Gasteiger partial charge in [-0.15, -0.1) is 0 Å². The Balaban J connectivity index is 1.40. The number of benzene rings is 2. The van der Waals surface area contributed by atoms with Crippen molar-refractivity contribution in [1.29, 1.82) is 0 Å². The number of nitrogens with one attached hydrogen (secondary N) is 1. The van der Waals surface area contributed by atoms with Crippen LogP contribution in [0.5, 0.6) is 5.75 Å². The number of nitrogens with zero attached hydrogens (tertiary/aromatic N) is 2. The minimum Gasteiger partial charge on any atom is -0.435 e. The summed E-state index contributed by atoms with van der Waals surface area (Å²) in [7, 11) is -1.60. The van der Waals surface area contributed by atoms with Gasteiger partial charge >= 0.3 is 14.2 Å². The van der Waals surface area contributed by atoms with Crippen LogP contribution in [0.1, 0.15) is 19.1 Å². The number of rotatable bonds is 9. The maximum Gasteiger partial charge on any atom is 0.351 e.